The summed E-state index contributed by atoms with van der Waals surface area (Å²) in [5.74, 6) is 0. The van der Waals surface area contributed by atoms with Crippen molar-refractivity contribution >= 4 is 6.09 Å². The Balaban J connectivity index is 2.74. The highest BCUT2D eigenvalue weighted by Crippen LogP contribution is 2.15. The van der Waals surface area contributed by atoms with Crippen LogP contribution in [0.1, 0.15) is 31.9 Å². The molecule has 4 nitrogen and oxygen atoms in total. The Bertz CT molecular complexity index is 469. The monoisotopic (exact) mass is 246 g/mol. The average Bonchev–Trinajstić information content (AvgIpc) is 2.27. The lowest BCUT2D eigenvalue weighted by atomic mass is 10.0. The van der Waals surface area contributed by atoms with Crippen molar-refractivity contribution in [2.24, 2.45) is 0 Å². The van der Waals surface area contributed by atoms with Crippen molar-refractivity contribution in [1.82, 2.24) is 4.90 Å². The predicted molar refractivity (Wildman–Crippen MR) is 69.3 cm³/mol. The zero-order valence-electron chi connectivity index (χ0n) is 11.0. The van der Waals surface area contributed by atoms with Crippen molar-refractivity contribution in [1.29, 1.82) is 5.26 Å². The Morgan fingerprint density at radius 2 is 2.11 bits per heavy atom. The van der Waals surface area contributed by atoms with Gasteiger partial charge in [-0.3, -0.25) is 0 Å². The van der Waals surface area contributed by atoms with Gasteiger partial charge >= 0.3 is 6.09 Å². The lowest BCUT2D eigenvalue weighted by molar-refractivity contribution is 0.101. The van der Waals surface area contributed by atoms with Gasteiger partial charge in [-0.1, -0.05) is 12.1 Å². The minimum absolute atomic E-state index is 0.418. The zero-order chi connectivity index (χ0) is 13.8. The van der Waals surface area contributed by atoms with Gasteiger partial charge in [0.25, 0.3) is 0 Å². The van der Waals surface area contributed by atoms with Gasteiger partial charge in [0.15, 0.2) is 0 Å². The molecule has 96 valence electrons. The van der Waals surface area contributed by atoms with Crippen LogP contribution in [0.15, 0.2) is 24.3 Å². The molecular weight excluding hydrogens is 228 g/mol. The number of nitriles is 1. The van der Waals surface area contributed by atoms with Crippen molar-refractivity contribution in [3.05, 3.63) is 35.4 Å². The second kappa shape index (κ2) is 5.54. The second-order valence-corrected chi connectivity index (χ2v) is 5.17. The molecule has 1 N–H and O–H groups in total. The molecule has 0 fully saturated rings. The minimum atomic E-state index is -0.918. The first kappa shape index (κ1) is 14.0. The Morgan fingerprint density at radius 3 is 2.61 bits per heavy atom. The fourth-order valence-electron chi connectivity index (χ4n) is 1.76. The predicted octanol–water partition coefficient (Wildman–Crippen LogP) is 2.88. The highest BCUT2D eigenvalue weighted by molar-refractivity contribution is 5.66. The van der Waals surface area contributed by atoms with E-state index < -0.39 is 11.6 Å². The van der Waals surface area contributed by atoms with Gasteiger partial charge in [0.1, 0.15) is 0 Å². The van der Waals surface area contributed by atoms with E-state index in [0.29, 0.717) is 18.5 Å². The molecular formula is C14H18N2O2. The van der Waals surface area contributed by atoms with Crippen molar-refractivity contribution in [2.45, 2.75) is 32.7 Å². The molecule has 0 aliphatic heterocycles. The lowest BCUT2D eigenvalue weighted by Gasteiger charge is -2.33. The van der Waals surface area contributed by atoms with E-state index in [2.05, 4.69) is 6.07 Å². The number of hydrogen-bond acceptors (Lipinski definition) is 2. The summed E-state index contributed by atoms with van der Waals surface area (Å²) >= 11 is 0. The van der Waals surface area contributed by atoms with Crippen molar-refractivity contribution in [2.75, 3.05) is 6.54 Å². The number of hydrogen-bond donors (Lipinski definition) is 1. The van der Waals surface area contributed by atoms with Gasteiger partial charge in [0, 0.05) is 12.1 Å². The second-order valence-electron chi connectivity index (χ2n) is 5.17. The van der Waals surface area contributed by atoms with Crippen LogP contribution in [0.3, 0.4) is 0 Å². The van der Waals surface area contributed by atoms with Crippen LogP contribution in [0.2, 0.25) is 0 Å². The molecule has 1 aromatic rings. The minimum Gasteiger partial charge on any atom is -0.465 e. The number of amides is 1. The highest BCUT2D eigenvalue weighted by Gasteiger charge is 2.25. The number of carbonyl (C=O) groups is 1. The number of benzene rings is 1. The van der Waals surface area contributed by atoms with Crippen LogP contribution < -0.4 is 0 Å². The fourth-order valence-corrected chi connectivity index (χ4v) is 1.76. The molecule has 0 saturated heterocycles. The molecule has 0 saturated carbocycles. The molecule has 0 spiro atoms. The smallest absolute Gasteiger partial charge is 0.407 e. The third-order valence-corrected chi connectivity index (χ3v) is 2.72. The molecule has 0 aliphatic carbocycles. The molecule has 1 aromatic carbocycles. The third kappa shape index (κ3) is 3.77. The maximum absolute atomic E-state index is 11.2. The molecule has 0 unspecified atom stereocenters. The molecule has 1 amide bonds. The maximum Gasteiger partial charge on any atom is 0.407 e. The van der Waals surface area contributed by atoms with Crippen molar-refractivity contribution < 1.29 is 9.90 Å². The lowest BCUT2D eigenvalue weighted by Crippen LogP contribution is -2.45. The van der Waals surface area contributed by atoms with E-state index in [-0.39, 0.29) is 0 Å². The highest BCUT2D eigenvalue weighted by atomic mass is 16.4. The van der Waals surface area contributed by atoms with Gasteiger partial charge in [-0.15, -0.1) is 0 Å². The summed E-state index contributed by atoms with van der Waals surface area (Å²) in [5.41, 5.74) is 1.16. The number of nitrogens with zero attached hydrogens (tertiary/aromatic N) is 2. The van der Waals surface area contributed by atoms with E-state index in [4.69, 9.17) is 10.4 Å². The van der Waals surface area contributed by atoms with Crippen LogP contribution in [0.4, 0.5) is 4.79 Å². The van der Waals surface area contributed by atoms with E-state index >= 15 is 0 Å². The Labute approximate surface area is 107 Å². The topological polar surface area (TPSA) is 64.3 Å². The third-order valence-electron chi connectivity index (χ3n) is 2.72. The van der Waals surface area contributed by atoms with Gasteiger partial charge in [-0.2, -0.15) is 5.26 Å². The maximum atomic E-state index is 11.2. The summed E-state index contributed by atoms with van der Waals surface area (Å²) in [7, 11) is 0. The molecule has 0 aromatic heterocycles. The van der Waals surface area contributed by atoms with Crippen molar-refractivity contribution in [3.63, 3.8) is 0 Å². The summed E-state index contributed by atoms with van der Waals surface area (Å²) < 4.78 is 0. The van der Waals surface area contributed by atoms with Crippen LogP contribution >= 0.6 is 0 Å². The van der Waals surface area contributed by atoms with Crippen LogP contribution in [-0.4, -0.2) is 28.2 Å². The summed E-state index contributed by atoms with van der Waals surface area (Å²) in [6, 6.07) is 9.33. The van der Waals surface area contributed by atoms with Crippen molar-refractivity contribution in [3.8, 4) is 6.07 Å². The summed E-state index contributed by atoms with van der Waals surface area (Å²) in [5, 5.41) is 18.0. The first-order valence-electron chi connectivity index (χ1n) is 5.84. The van der Waals surface area contributed by atoms with Gasteiger partial charge in [-0.25, -0.2) is 4.79 Å². The van der Waals surface area contributed by atoms with E-state index in [1.165, 1.54) is 4.90 Å². The molecule has 0 radical (unpaired) electrons. The molecule has 0 heterocycles. The summed E-state index contributed by atoms with van der Waals surface area (Å²) in [6.07, 6.45) is -0.307. The van der Waals surface area contributed by atoms with E-state index in [1.807, 2.05) is 32.9 Å². The standard InChI is InChI=1S/C14H18N2O2/c1-14(2,3)16(13(17)18)8-7-11-5-4-6-12(9-11)10-15/h4-6,9H,7-8H2,1-3H3,(H,17,18). The quantitative estimate of drug-likeness (QED) is 0.891. The Morgan fingerprint density at radius 1 is 1.44 bits per heavy atom. The SMILES string of the molecule is CC(C)(C)N(CCc1cccc(C#N)c1)C(=O)O. The number of rotatable bonds is 3. The Hall–Kier alpha value is -2.02. The van der Waals surface area contributed by atoms with E-state index in [1.54, 1.807) is 12.1 Å². The molecule has 0 aliphatic rings. The van der Waals surface area contributed by atoms with Crippen LogP contribution in [-0.2, 0) is 6.42 Å². The summed E-state index contributed by atoms with van der Waals surface area (Å²) in [6.45, 7) is 6.03. The van der Waals surface area contributed by atoms with E-state index in [0.717, 1.165) is 5.56 Å². The van der Waals surface area contributed by atoms with Gasteiger partial charge in [0.05, 0.1) is 11.6 Å². The zero-order valence-corrected chi connectivity index (χ0v) is 11.0. The Kier molecular flexibility index (Phi) is 4.33. The van der Waals surface area contributed by atoms with E-state index in [9.17, 15) is 4.79 Å². The molecule has 0 atom stereocenters. The fraction of sp³-hybridized carbons (Fsp3) is 0.429. The molecule has 0 bridgehead atoms. The first-order valence-corrected chi connectivity index (χ1v) is 5.84. The van der Waals surface area contributed by atoms with Gasteiger partial charge in [-0.05, 0) is 44.9 Å². The number of carboxylic acid groups (broad SMARTS) is 1. The van der Waals surface area contributed by atoms with Crippen LogP contribution in [0.5, 0.6) is 0 Å². The van der Waals surface area contributed by atoms with Gasteiger partial charge < -0.3 is 10.0 Å². The van der Waals surface area contributed by atoms with Crippen LogP contribution in [0, 0.1) is 11.3 Å². The average molecular weight is 246 g/mol. The molecule has 18 heavy (non-hydrogen) atoms. The molecule has 1 rings (SSSR count). The normalized spacial score (nSPS) is 10.8. The van der Waals surface area contributed by atoms with Crippen LogP contribution in [0.25, 0.3) is 0 Å². The van der Waals surface area contributed by atoms with Gasteiger partial charge in [0.2, 0.25) is 0 Å². The largest absolute Gasteiger partial charge is 0.465 e. The summed E-state index contributed by atoms with van der Waals surface area (Å²) in [4.78, 5) is 12.6. The molecule has 4 heteroatoms. The first-order chi connectivity index (χ1) is 8.34.